The van der Waals surface area contributed by atoms with Crippen LogP contribution in [0.15, 0.2) is 60.0 Å². The van der Waals surface area contributed by atoms with Crippen LogP contribution >= 0.6 is 0 Å². The maximum absolute atomic E-state index is 12.6. The number of benzene rings is 1. The molecule has 0 bridgehead atoms. The van der Waals surface area contributed by atoms with Crippen molar-refractivity contribution in [1.82, 2.24) is 9.88 Å². The van der Waals surface area contributed by atoms with Crippen molar-refractivity contribution in [1.29, 1.82) is 0 Å². The summed E-state index contributed by atoms with van der Waals surface area (Å²) < 4.78 is 0. The van der Waals surface area contributed by atoms with Crippen LogP contribution in [0.5, 0.6) is 0 Å². The van der Waals surface area contributed by atoms with Gasteiger partial charge in [0.1, 0.15) is 0 Å². The third-order valence-electron chi connectivity index (χ3n) is 4.34. The zero-order valence-corrected chi connectivity index (χ0v) is 14.3. The highest BCUT2D eigenvalue weighted by atomic mass is 16.3. The van der Waals surface area contributed by atoms with Gasteiger partial charge in [-0.25, -0.2) is 0 Å². The van der Waals surface area contributed by atoms with Crippen LogP contribution in [0.25, 0.3) is 0 Å². The van der Waals surface area contributed by atoms with E-state index in [-0.39, 0.29) is 24.3 Å². The Morgan fingerprint density at radius 2 is 2.04 bits per heavy atom. The van der Waals surface area contributed by atoms with Crippen LogP contribution in [0, 0.1) is 6.92 Å². The van der Waals surface area contributed by atoms with Gasteiger partial charge in [0.15, 0.2) is 11.5 Å². The molecule has 3 rings (SSSR count). The minimum atomic E-state index is -0.596. The van der Waals surface area contributed by atoms with Gasteiger partial charge in [-0.05, 0) is 24.6 Å². The molecule has 0 fully saturated rings. The van der Waals surface area contributed by atoms with E-state index in [1.807, 2.05) is 43.3 Å². The quantitative estimate of drug-likeness (QED) is 0.910. The number of pyridine rings is 1. The molecule has 0 radical (unpaired) electrons. The topological polar surface area (TPSA) is 70.5 Å². The van der Waals surface area contributed by atoms with Crippen LogP contribution in [-0.2, 0) is 16.1 Å². The number of hydrogen-bond acceptors (Lipinski definition) is 4. The van der Waals surface area contributed by atoms with Gasteiger partial charge in [-0.2, -0.15) is 0 Å². The number of aliphatic hydroxyl groups excluding tert-OH is 1. The number of carbonyl (C=O) groups is 2. The number of rotatable bonds is 5. The number of ketones is 1. The molecule has 1 unspecified atom stereocenters. The first kappa shape index (κ1) is 16.9. The minimum absolute atomic E-state index is 0.175. The molecular formula is C20H20N2O3. The lowest BCUT2D eigenvalue weighted by Crippen LogP contribution is -2.31. The summed E-state index contributed by atoms with van der Waals surface area (Å²) in [6.07, 6.45) is 1.88. The second kappa shape index (κ2) is 6.89. The van der Waals surface area contributed by atoms with Crippen molar-refractivity contribution >= 4 is 11.7 Å². The van der Waals surface area contributed by atoms with E-state index in [1.54, 1.807) is 19.2 Å². The van der Waals surface area contributed by atoms with Gasteiger partial charge in [0.2, 0.25) is 0 Å². The first-order chi connectivity index (χ1) is 12.0. The summed E-state index contributed by atoms with van der Waals surface area (Å²) in [5.74, 6) is -1.20. The molecule has 1 atom stereocenters. The lowest BCUT2D eigenvalue weighted by molar-refractivity contribution is -0.130. The number of nitrogens with zero attached hydrogens (tertiary/aromatic N) is 2. The van der Waals surface area contributed by atoms with E-state index >= 15 is 0 Å². The summed E-state index contributed by atoms with van der Waals surface area (Å²) in [6.45, 7) is 3.90. The molecule has 1 aromatic carbocycles. The fraction of sp³-hybridized carbons (Fsp3) is 0.250. The molecule has 2 heterocycles. The Bertz CT molecular complexity index is 843. The molecule has 0 aliphatic carbocycles. The van der Waals surface area contributed by atoms with E-state index in [0.29, 0.717) is 5.69 Å². The van der Waals surface area contributed by atoms with Gasteiger partial charge in [-0.1, -0.05) is 42.8 Å². The van der Waals surface area contributed by atoms with Crippen LogP contribution < -0.4 is 0 Å². The average molecular weight is 336 g/mol. The summed E-state index contributed by atoms with van der Waals surface area (Å²) >= 11 is 0. The zero-order valence-electron chi connectivity index (χ0n) is 14.3. The van der Waals surface area contributed by atoms with Crippen LogP contribution in [0.1, 0.15) is 36.2 Å². The van der Waals surface area contributed by atoms with Gasteiger partial charge in [0, 0.05) is 12.6 Å². The zero-order chi connectivity index (χ0) is 18.0. The summed E-state index contributed by atoms with van der Waals surface area (Å²) in [5, 5.41) is 10.4. The molecule has 2 aromatic rings. The van der Waals surface area contributed by atoms with Gasteiger partial charge in [0.05, 0.1) is 23.9 Å². The highest BCUT2D eigenvalue weighted by Gasteiger charge is 2.43. The molecule has 5 nitrogen and oxygen atoms in total. The second-order valence-electron chi connectivity index (χ2n) is 6.11. The van der Waals surface area contributed by atoms with Crippen molar-refractivity contribution in [2.45, 2.75) is 32.9 Å². The molecule has 1 N–H and O–H groups in total. The van der Waals surface area contributed by atoms with Crippen molar-refractivity contribution < 1.29 is 14.7 Å². The van der Waals surface area contributed by atoms with Crippen LogP contribution in [0.4, 0.5) is 0 Å². The van der Waals surface area contributed by atoms with E-state index in [2.05, 4.69) is 4.98 Å². The Morgan fingerprint density at radius 3 is 2.68 bits per heavy atom. The van der Waals surface area contributed by atoms with Crippen molar-refractivity contribution in [3.63, 3.8) is 0 Å². The van der Waals surface area contributed by atoms with E-state index in [0.717, 1.165) is 11.1 Å². The number of hydrogen-bond donors (Lipinski definition) is 1. The normalized spacial score (nSPS) is 17.3. The molecule has 1 aromatic heterocycles. The Labute approximate surface area is 146 Å². The number of aliphatic hydroxyl groups is 1. The van der Waals surface area contributed by atoms with E-state index in [9.17, 15) is 14.7 Å². The predicted molar refractivity (Wildman–Crippen MR) is 93.7 cm³/mol. The molecular weight excluding hydrogens is 316 g/mol. The Kier molecular flexibility index (Phi) is 4.65. The second-order valence-corrected chi connectivity index (χ2v) is 6.11. The molecule has 0 spiro atoms. The Hall–Kier alpha value is -2.95. The lowest BCUT2D eigenvalue weighted by atomic mass is 9.94. The maximum Gasteiger partial charge on any atom is 0.290 e. The van der Waals surface area contributed by atoms with Crippen LogP contribution in [0.3, 0.4) is 0 Å². The number of carbonyl (C=O) groups excluding carboxylic acids is 2. The summed E-state index contributed by atoms with van der Waals surface area (Å²) in [4.78, 5) is 30.8. The number of aryl methyl sites for hydroxylation is 1. The minimum Gasteiger partial charge on any atom is -0.503 e. The molecule has 5 heteroatoms. The first-order valence-electron chi connectivity index (χ1n) is 8.26. The fourth-order valence-electron chi connectivity index (χ4n) is 3.14. The van der Waals surface area contributed by atoms with Gasteiger partial charge in [-0.3, -0.25) is 14.6 Å². The van der Waals surface area contributed by atoms with E-state index in [4.69, 9.17) is 0 Å². The van der Waals surface area contributed by atoms with Crippen LogP contribution in [0.2, 0.25) is 0 Å². The van der Waals surface area contributed by atoms with Gasteiger partial charge in [0.25, 0.3) is 5.91 Å². The van der Waals surface area contributed by atoms with Gasteiger partial charge < -0.3 is 10.0 Å². The first-order valence-corrected chi connectivity index (χ1v) is 8.26. The number of amides is 1. The standard InChI is InChI=1S/C20H20N2O3/c1-3-16(23)17-18(14-8-6-7-13(2)11-14)22(20(25)19(17)24)12-15-9-4-5-10-21-15/h4-11,18,24H,3,12H2,1-2H3. The predicted octanol–water partition coefficient (Wildman–Crippen LogP) is 3.26. The summed E-state index contributed by atoms with van der Waals surface area (Å²) in [6, 6.07) is 12.5. The smallest absolute Gasteiger partial charge is 0.290 e. The Balaban J connectivity index is 2.07. The largest absolute Gasteiger partial charge is 0.503 e. The van der Waals surface area contributed by atoms with Gasteiger partial charge in [-0.15, -0.1) is 0 Å². The van der Waals surface area contributed by atoms with Crippen molar-refractivity contribution in [2.24, 2.45) is 0 Å². The SMILES string of the molecule is CCC(=O)C1=C(O)C(=O)N(Cc2ccccn2)C1c1cccc(C)c1. The molecule has 1 amide bonds. The van der Waals surface area contributed by atoms with E-state index < -0.39 is 17.7 Å². The Morgan fingerprint density at radius 1 is 1.24 bits per heavy atom. The van der Waals surface area contributed by atoms with Crippen molar-refractivity contribution in [2.75, 3.05) is 0 Å². The van der Waals surface area contributed by atoms with Crippen molar-refractivity contribution in [3.8, 4) is 0 Å². The third-order valence-corrected chi connectivity index (χ3v) is 4.34. The van der Waals surface area contributed by atoms with Gasteiger partial charge >= 0.3 is 0 Å². The van der Waals surface area contributed by atoms with Crippen molar-refractivity contribution in [3.05, 3.63) is 76.8 Å². The highest BCUT2D eigenvalue weighted by Crippen LogP contribution is 2.39. The van der Waals surface area contributed by atoms with E-state index in [1.165, 1.54) is 4.90 Å². The monoisotopic (exact) mass is 336 g/mol. The molecule has 1 aliphatic heterocycles. The molecule has 0 saturated carbocycles. The lowest BCUT2D eigenvalue weighted by Gasteiger charge is -2.26. The third kappa shape index (κ3) is 3.18. The summed E-state index contributed by atoms with van der Waals surface area (Å²) in [5.41, 5.74) is 2.71. The molecule has 25 heavy (non-hydrogen) atoms. The fourth-order valence-corrected chi connectivity index (χ4v) is 3.14. The molecule has 0 saturated heterocycles. The maximum atomic E-state index is 12.6. The molecule has 128 valence electrons. The van der Waals surface area contributed by atoms with Crippen LogP contribution in [-0.4, -0.2) is 26.7 Å². The summed E-state index contributed by atoms with van der Waals surface area (Å²) in [7, 11) is 0. The average Bonchev–Trinajstić information content (AvgIpc) is 2.87. The molecule has 1 aliphatic rings. The number of Topliss-reactive ketones (excluding diaryl/α,β-unsaturated/α-hetero) is 1. The highest BCUT2D eigenvalue weighted by molar-refractivity contribution is 6.08. The number of aromatic nitrogens is 1.